The van der Waals surface area contributed by atoms with Crippen LogP contribution in [0.4, 0.5) is 0 Å². The highest BCUT2D eigenvalue weighted by Gasteiger charge is 2.28. The average molecular weight is 388 g/mol. The number of unbranched alkanes of at least 4 members (excludes halogenated alkanes) is 1. The van der Waals surface area contributed by atoms with Gasteiger partial charge in [0.05, 0.1) is 16.7 Å². The van der Waals surface area contributed by atoms with Crippen molar-refractivity contribution in [2.45, 2.75) is 67.2 Å². The average Bonchev–Trinajstić information content (AvgIpc) is 2.51. The number of esters is 3. The molecule has 0 aliphatic rings. The molecule has 0 spiro atoms. The molecule has 156 valence electrons. The van der Waals surface area contributed by atoms with Gasteiger partial charge in [0, 0.05) is 6.42 Å². The van der Waals surface area contributed by atoms with E-state index >= 15 is 0 Å². The second-order valence-corrected chi connectivity index (χ2v) is 8.45. The third-order valence-corrected chi connectivity index (χ3v) is 3.56. The Kier molecular flexibility index (Phi) is 10.0. The molecule has 0 rings (SSSR count). The zero-order valence-corrected chi connectivity index (χ0v) is 17.1. The highest BCUT2D eigenvalue weighted by molar-refractivity contribution is 5.77. The predicted octanol–water partition coefficient (Wildman–Crippen LogP) is 2.93. The van der Waals surface area contributed by atoms with Gasteiger partial charge in [0.25, 0.3) is 0 Å². The quantitative estimate of drug-likeness (QED) is 0.345. The Hall–Kier alpha value is -2.12. The summed E-state index contributed by atoms with van der Waals surface area (Å²) in [5.74, 6) is -3.29. The molecule has 1 atom stereocenters. The van der Waals surface area contributed by atoms with Gasteiger partial charge < -0.3 is 19.3 Å². The van der Waals surface area contributed by atoms with Gasteiger partial charge in [-0.3, -0.25) is 19.2 Å². The minimum atomic E-state index is -0.914. The van der Waals surface area contributed by atoms with E-state index in [-0.39, 0.29) is 13.0 Å². The monoisotopic (exact) mass is 388 g/mol. The van der Waals surface area contributed by atoms with E-state index in [0.717, 1.165) is 0 Å². The van der Waals surface area contributed by atoms with Gasteiger partial charge in [0.2, 0.25) is 6.79 Å². The topological polar surface area (TPSA) is 116 Å². The van der Waals surface area contributed by atoms with Crippen LogP contribution in [-0.2, 0) is 33.4 Å². The summed E-state index contributed by atoms with van der Waals surface area (Å²) in [5, 5.41) is 8.68. The lowest BCUT2D eigenvalue weighted by Gasteiger charge is -2.21. The molecule has 0 fully saturated rings. The van der Waals surface area contributed by atoms with Crippen LogP contribution >= 0.6 is 0 Å². The zero-order valence-electron chi connectivity index (χ0n) is 17.1. The number of rotatable bonds is 10. The number of carbonyl (C=O) groups excluding carboxylic acids is 3. The number of hydrogen-bond acceptors (Lipinski definition) is 7. The Morgan fingerprint density at radius 3 is 1.81 bits per heavy atom. The van der Waals surface area contributed by atoms with Crippen LogP contribution in [0.2, 0.25) is 0 Å². The van der Waals surface area contributed by atoms with Crippen molar-refractivity contribution in [1.82, 2.24) is 0 Å². The predicted molar refractivity (Wildman–Crippen MR) is 96.5 cm³/mol. The lowest BCUT2D eigenvalue weighted by Crippen LogP contribution is -2.30. The van der Waals surface area contributed by atoms with Crippen molar-refractivity contribution < 1.29 is 38.5 Å². The lowest BCUT2D eigenvalue weighted by molar-refractivity contribution is -0.177. The molecule has 0 aliphatic carbocycles. The van der Waals surface area contributed by atoms with Crippen LogP contribution in [0, 0.1) is 16.7 Å². The van der Waals surface area contributed by atoms with E-state index in [9.17, 15) is 19.2 Å². The fraction of sp³-hybridized carbons (Fsp3) is 0.789. The van der Waals surface area contributed by atoms with Crippen molar-refractivity contribution in [3.63, 3.8) is 0 Å². The molecule has 0 aliphatic heterocycles. The number of carboxylic acid groups (broad SMARTS) is 1. The molecule has 1 unspecified atom stereocenters. The van der Waals surface area contributed by atoms with E-state index < -0.39 is 47.4 Å². The fourth-order valence-electron chi connectivity index (χ4n) is 1.80. The lowest BCUT2D eigenvalue weighted by atomic mass is 9.97. The molecule has 0 aromatic rings. The molecule has 0 amide bonds. The molecule has 27 heavy (non-hydrogen) atoms. The number of carbonyl (C=O) groups is 4. The normalized spacial score (nSPS) is 12.8. The largest absolute Gasteiger partial charge is 0.481 e. The van der Waals surface area contributed by atoms with Crippen molar-refractivity contribution in [2.24, 2.45) is 16.7 Å². The zero-order chi connectivity index (χ0) is 21.3. The first-order valence-electron chi connectivity index (χ1n) is 8.98. The molecule has 0 aromatic heterocycles. The number of aliphatic carboxylic acids is 1. The maximum Gasteiger partial charge on any atom is 0.315 e. The molecule has 0 radical (unpaired) electrons. The van der Waals surface area contributed by atoms with Gasteiger partial charge in [0.1, 0.15) is 6.61 Å². The first kappa shape index (κ1) is 24.9. The second-order valence-electron chi connectivity index (χ2n) is 8.45. The van der Waals surface area contributed by atoms with Crippen LogP contribution in [-0.4, -0.2) is 42.4 Å². The molecule has 0 aromatic carbocycles. The van der Waals surface area contributed by atoms with Crippen LogP contribution in [0.5, 0.6) is 0 Å². The summed E-state index contributed by atoms with van der Waals surface area (Å²) in [7, 11) is 0. The van der Waals surface area contributed by atoms with E-state index in [1.807, 2.05) is 0 Å². The van der Waals surface area contributed by atoms with Gasteiger partial charge in [-0.25, -0.2) is 0 Å². The molecule has 0 bridgehead atoms. The molecular weight excluding hydrogens is 356 g/mol. The maximum absolute atomic E-state index is 12.2. The summed E-state index contributed by atoms with van der Waals surface area (Å²) in [4.78, 5) is 46.4. The highest BCUT2D eigenvalue weighted by Crippen LogP contribution is 2.19. The Balaban J connectivity index is 4.65. The number of hydrogen-bond donors (Lipinski definition) is 1. The second kappa shape index (κ2) is 10.9. The minimum absolute atomic E-state index is 0.00720. The molecule has 0 heterocycles. The summed E-state index contributed by atoms with van der Waals surface area (Å²) in [5.41, 5.74) is -1.43. The summed E-state index contributed by atoms with van der Waals surface area (Å²) in [6, 6.07) is 0. The first-order chi connectivity index (χ1) is 12.2. The molecule has 8 heteroatoms. The van der Waals surface area contributed by atoms with Crippen LogP contribution in [0.1, 0.15) is 67.2 Å². The van der Waals surface area contributed by atoms with E-state index in [1.54, 1.807) is 41.5 Å². The Bertz CT molecular complexity index is 525. The fourth-order valence-corrected chi connectivity index (χ4v) is 1.80. The van der Waals surface area contributed by atoms with Gasteiger partial charge in [-0.2, -0.15) is 0 Å². The van der Waals surface area contributed by atoms with Crippen molar-refractivity contribution in [1.29, 1.82) is 0 Å². The van der Waals surface area contributed by atoms with Crippen molar-refractivity contribution in [3.05, 3.63) is 0 Å². The Labute approximate surface area is 160 Å². The van der Waals surface area contributed by atoms with Crippen molar-refractivity contribution in [3.8, 4) is 0 Å². The summed E-state index contributed by atoms with van der Waals surface area (Å²) in [6.07, 6.45) is 1.15. The van der Waals surface area contributed by atoms with Crippen LogP contribution in [0.3, 0.4) is 0 Å². The van der Waals surface area contributed by atoms with Crippen LogP contribution in [0.15, 0.2) is 0 Å². The van der Waals surface area contributed by atoms with Gasteiger partial charge in [-0.1, -0.05) is 6.42 Å². The Morgan fingerprint density at radius 2 is 1.33 bits per heavy atom. The highest BCUT2D eigenvalue weighted by atomic mass is 16.7. The van der Waals surface area contributed by atoms with E-state index in [4.69, 9.17) is 19.3 Å². The summed E-state index contributed by atoms with van der Waals surface area (Å²) < 4.78 is 15.1. The summed E-state index contributed by atoms with van der Waals surface area (Å²) >= 11 is 0. The van der Waals surface area contributed by atoms with Crippen LogP contribution in [0.25, 0.3) is 0 Å². The number of ether oxygens (including phenoxy) is 3. The van der Waals surface area contributed by atoms with Crippen molar-refractivity contribution in [2.75, 3.05) is 13.4 Å². The SMILES string of the molecule is CC(C)(C)C(=O)OCOC(=O)C(CCCCC(=O)O)COC(=O)C(C)(C)C. The van der Waals surface area contributed by atoms with Crippen molar-refractivity contribution >= 4 is 23.9 Å². The Morgan fingerprint density at radius 1 is 0.815 bits per heavy atom. The standard InChI is InChI=1S/C19H32O8/c1-18(2,3)16(23)25-11-13(9-7-8-10-14(20)21)15(22)26-12-27-17(24)19(4,5)6/h13H,7-12H2,1-6H3,(H,20,21). The maximum atomic E-state index is 12.2. The van der Waals surface area contributed by atoms with Gasteiger partial charge >= 0.3 is 23.9 Å². The first-order valence-corrected chi connectivity index (χ1v) is 8.98. The smallest absolute Gasteiger partial charge is 0.315 e. The molecular formula is C19H32O8. The third-order valence-electron chi connectivity index (χ3n) is 3.56. The van der Waals surface area contributed by atoms with Gasteiger partial charge in [-0.15, -0.1) is 0 Å². The van der Waals surface area contributed by atoms with E-state index in [2.05, 4.69) is 0 Å². The summed E-state index contributed by atoms with van der Waals surface area (Å²) in [6.45, 7) is 9.42. The molecule has 1 N–H and O–H groups in total. The molecule has 8 nitrogen and oxygen atoms in total. The minimum Gasteiger partial charge on any atom is -0.481 e. The molecule has 0 saturated carbocycles. The number of carboxylic acids is 1. The van der Waals surface area contributed by atoms with E-state index in [0.29, 0.717) is 19.3 Å². The van der Waals surface area contributed by atoms with Crippen LogP contribution < -0.4 is 0 Å². The van der Waals surface area contributed by atoms with Gasteiger partial charge in [0.15, 0.2) is 0 Å². The molecule has 0 saturated heterocycles. The van der Waals surface area contributed by atoms with Gasteiger partial charge in [-0.05, 0) is 54.4 Å². The third kappa shape index (κ3) is 11.2. The van der Waals surface area contributed by atoms with E-state index in [1.165, 1.54) is 0 Å².